The highest BCUT2D eigenvalue weighted by Crippen LogP contribution is 2.26. The Morgan fingerprint density at radius 3 is 2.59 bits per heavy atom. The van der Waals surface area contributed by atoms with Crippen molar-refractivity contribution < 1.29 is 14.4 Å². The molecule has 29 heavy (non-hydrogen) atoms. The van der Waals surface area contributed by atoms with Crippen LogP contribution in [0.5, 0.6) is 0 Å². The minimum atomic E-state index is -0.563. The van der Waals surface area contributed by atoms with E-state index in [1.807, 2.05) is 43.3 Å². The van der Waals surface area contributed by atoms with Crippen LogP contribution in [0.2, 0.25) is 5.02 Å². The van der Waals surface area contributed by atoms with Gasteiger partial charge in [0, 0.05) is 16.8 Å². The number of carbonyl (C=O) groups excluding carboxylic acids is 1. The number of aromatic nitrogens is 1. The van der Waals surface area contributed by atoms with E-state index >= 15 is 0 Å². The summed E-state index contributed by atoms with van der Waals surface area (Å²) in [5.74, 6) is -0.563. The number of hydrogen-bond donors (Lipinski definition) is 1. The highest BCUT2D eigenvalue weighted by molar-refractivity contribution is 6.30. The molecule has 0 aliphatic carbocycles. The topological polar surface area (TPSA) is 69.6 Å². The maximum Gasteiger partial charge on any atom is 0.341 e. The summed E-state index contributed by atoms with van der Waals surface area (Å²) < 4.78 is 6.18. The van der Waals surface area contributed by atoms with Crippen LogP contribution in [-0.4, -0.2) is 17.3 Å². The highest BCUT2D eigenvalue weighted by atomic mass is 35.5. The van der Waals surface area contributed by atoms with Crippen LogP contribution in [0.3, 0.4) is 0 Å². The second-order valence-electron chi connectivity index (χ2n) is 6.33. The summed E-state index contributed by atoms with van der Waals surface area (Å²) in [6.45, 7) is 4.00. The fourth-order valence-corrected chi connectivity index (χ4v) is 2.86. The Morgan fingerprint density at radius 1 is 1.10 bits per heavy atom. The van der Waals surface area contributed by atoms with Crippen LogP contribution in [0.25, 0.3) is 0 Å². The van der Waals surface area contributed by atoms with Gasteiger partial charge < -0.3 is 14.9 Å². The molecule has 6 nitrogen and oxygen atoms in total. The van der Waals surface area contributed by atoms with Gasteiger partial charge in [0.2, 0.25) is 0 Å². The molecular formula is C22H21ClN2O4. The summed E-state index contributed by atoms with van der Waals surface area (Å²) >= 11 is 6.07. The maximum atomic E-state index is 12.6. The molecule has 0 radical (unpaired) electrons. The van der Waals surface area contributed by atoms with Crippen molar-refractivity contribution in [2.75, 3.05) is 11.9 Å². The molecule has 0 spiro atoms. The molecule has 1 N–H and O–H groups in total. The van der Waals surface area contributed by atoms with Crippen LogP contribution in [-0.2, 0) is 11.3 Å². The molecule has 0 saturated carbocycles. The second-order valence-corrected chi connectivity index (χ2v) is 6.77. The Bertz CT molecular complexity index is 1060. The normalized spacial score (nSPS) is 10.4. The van der Waals surface area contributed by atoms with E-state index in [0.717, 1.165) is 15.9 Å². The third-order valence-corrected chi connectivity index (χ3v) is 4.43. The zero-order chi connectivity index (χ0) is 20.8. The predicted octanol–water partition coefficient (Wildman–Crippen LogP) is 4.36. The Hall–Kier alpha value is -3.25. The molecular weight excluding hydrogens is 392 g/mol. The Morgan fingerprint density at radius 2 is 1.86 bits per heavy atom. The third-order valence-electron chi connectivity index (χ3n) is 4.20. The first kappa shape index (κ1) is 20.5. The monoisotopic (exact) mass is 412 g/mol. The summed E-state index contributed by atoms with van der Waals surface area (Å²) in [4.78, 5) is 30.6. The van der Waals surface area contributed by atoms with Crippen LogP contribution in [0.1, 0.15) is 28.4 Å². The van der Waals surface area contributed by atoms with E-state index in [-0.39, 0.29) is 18.8 Å². The van der Waals surface area contributed by atoms with Gasteiger partial charge in [0.1, 0.15) is 12.2 Å². The number of pyridine rings is 1. The first-order valence-electron chi connectivity index (χ1n) is 9.12. The minimum Gasteiger partial charge on any atom is -0.462 e. The Kier molecular flexibility index (Phi) is 6.57. The summed E-state index contributed by atoms with van der Waals surface area (Å²) in [7, 11) is 0. The fourth-order valence-electron chi connectivity index (χ4n) is 2.68. The number of anilines is 2. The molecule has 0 aliphatic heterocycles. The minimum absolute atomic E-state index is 0.180. The number of aryl methyl sites for hydroxylation is 1. The fraction of sp³-hybridized carbons (Fsp3) is 0.182. The molecule has 150 valence electrons. The van der Waals surface area contributed by atoms with E-state index in [0.29, 0.717) is 16.4 Å². The van der Waals surface area contributed by atoms with Crippen molar-refractivity contribution in [2.45, 2.75) is 20.5 Å². The van der Waals surface area contributed by atoms with E-state index in [4.69, 9.17) is 21.2 Å². The third kappa shape index (κ3) is 5.18. The standard InChI is InChI=1S/C22H21ClN2O4/c1-3-28-22(27)18-13-25(29-14-16-7-5-4-6-8-16)21(26)12-20(18)24-19-11-17(23)10-9-15(19)2/h4-13,24H,3,14H2,1-2H3. The van der Waals surface area contributed by atoms with Crippen molar-refractivity contribution in [3.05, 3.63) is 92.9 Å². The number of nitrogens with zero attached hydrogens (tertiary/aromatic N) is 1. The van der Waals surface area contributed by atoms with Crippen molar-refractivity contribution in [2.24, 2.45) is 0 Å². The zero-order valence-electron chi connectivity index (χ0n) is 16.1. The number of ether oxygens (including phenoxy) is 1. The number of halogens is 1. The van der Waals surface area contributed by atoms with Crippen LogP contribution >= 0.6 is 11.6 Å². The molecule has 1 aromatic heterocycles. The lowest BCUT2D eigenvalue weighted by Gasteiger charge is -2.16. The number of hydrogen-bond acceptors (Lipinski definition) is 5. The summed E-state index contributed by atoms with van der Waals surface area (Å²) in [5.41, 5.74) is 2.57. The lowest BCUT2D eigenvalue weighted by atomic mass is 10.1. The summed E-state index contributed by atoms with van der Waals surface area (Å²) in [6.07, 6.45) is 1.34. The van der Waals surface area contributed by atoms with Crippen molar-refractivity contribution in [3.63, 3.8) is 0 Å². The molecule has 0 saturated heterocycles. The first-order valence-corrected chi connectivity index (χ1v) is 9.50. The molecule has 0 amide bonds. The van der Waals surface area contributed by atoms with Gasteiger partial charge in [-0.05, 0) is 37.1 Å². The van der Waals surface area contributed by atoms with Gasteiger partial charge in [0.15, 0.2) is 0 Å². The van der Waals surface area contributed by atoms with Crippen molar-refractivity contribution >= 4 is 28.9 Å². The number of carbonyl (C=O) groups is 1. The van der Waals surface area contributed by atoms with E-state index in [2.05, 4.69) is 5.32 Å². The van der Waals surface area contributed by atoms with Gasteiger partial charge in [-0.2, -0.15) is 4.73 Å². The molecule has 0 bridgehead atoms. The van der Waals surface area contributed by atoms with Gasteiger partial charge in [-0.3, -0.25) is 4.79 Å². The number of nitrogens with one attached hydrogen (secondary N) is 1. The molecule has 0 atom stereocenters. The molecule has 3 rings (SSSR count). The molecule has 0 aliphatic rings. The largest absolute Gasteiger partial charge is 0.462 e. The van der Waals surface area contributed by atoms with Crippen LogP contribution in [0, 0.1) is 6.92 Å². The van der Waals surface area contributed by atoms with E-state index < -0.39 is 11.5 Å². The zero-order valence-corrected chi connectivity index (χ0v) is 16.9. The van der Waals surface area contributed by atoms with Crippen molar-refractivity contribution in [1.29, 1.82) is 0 Å². The smallest absolute Gasteiger partial charge is 0.341 e. The first-order chi connectivity index (χ1) is 14.0. The van der Waals surface area contributed by atoms with Crippen LogP contribution in [0.4, 0.5) is 11.4 Å². The summed E-state index contributed by atoms with van der Waals surface area (Å²) in [6, 6.07) is 16.1. The van der Waals surface area contributed by atoms with Gasteiger partial charge in [-0.15, -0.1) is 0 Å². The van der Waals surface area contributed by atoms with Gasteiger partial charge in [-0.1, -0.05) is 48.0 Å². The van der Waals surface area contributed by atoms with Gasteiger partial charge in [0.25, 0.3) is 5.56 Å². The van der Waals surface area contributed by atoms with Gasteiger partial charge >= 0.3 is 5.97 Å². The van der Waals surface area contributed by atoms with E-state index in [9.17, 15) is 9.59 Å². The maximum absolute atomic E-state index is 12.6. The van der Waals surface area contributed by atoms with Crippen LogP contribution < -0.4 is 15.7 Å². The number of benzene rings is 2. The summed E-state index contributed by atoms with van der Waals surface area (Å²) in [5, 5.41) is 3.65. The van der Waals surface area contributed by atoms with Crippen LogP contribution in [0.15, 0.2) is 65.6 Å². The molecule has 0 unspecified atom stereocenters. The molecule has 3 aromatic rings. The Balaban J connectivity index is 1.95. The number of esters is 1. The average Bonchev–Trinajstić information content (AvgIpc) is 2.71. The molecule has 1 heterocycles. The molecule has 2 aromatic carbocycles. The quantitative estimate of drug-likeness (QED) is 0.584. The van der Waals surface area contributed by atoms with E-state index in [1.165, 1.54) is 12.3 Å². The lowest BCUT2D eigenvalue weighted by Crippen LogP contribution is -2.28. The highest BCUT2D eigenvalue weighted by Gasteiger charge is 2.17. The van der Waals surface area contributed by atoms with Crippen molar-refractivity contribution in [1.82, 2.24) is 4.73 Å². The molecule has 7 heteroatoms. The number of rotatable bonds is 7. The SMILES string of the molecule is CCOC(=O)c1cn(OCc2ccccc2)c(=O)cc1Nc1cc(Cl)ccc1C. The van der Waals surface area contributed by atoms with Gasteiger partial charge in [0.05, 0.1) is 18.5 Å². The average molecular weight is 413 g/mol. The molecule has 0 fully saturated rings. The van der Waals surface area contributed by atoms with E-state index in [1.54, 1.807) is 19.1 Å². The second kappa shape index (κ2) is 9.30. The van der Waals surface area contributed by atoms with Gasteiger partial charge in [-0.25, -0.2) is 4.79 Å². The van der Waals surface area contributed by atoms with Crippen molar-refractivity contribution in [3.8, 4) is 0 Å². The lowest BCUT2D eigenvalue weighted by molar-refractivity contribution is 0.0514. The predicted molar refractivity (Wildman–Crippen MR) is 113 cm³/mol. The Labute approximate surface area is 173 Å².